The van der Waals surface area contributed by atoms with E-state index in [1.54, 1.807) is 43.0 Å². The van der Waals surface area contributed by atoms with E-state index in [1.165, 1.54) is 11.3 Å². The van der Waals surface area contributed by atoms with Crippen molar-refractivity contribution in [3.63, 3.8) is 0 Å². The Kier molecular flexibility index (Phi) is 6.96. The second-order valence-corrected chi connectivity index (χ2v) is 8.17. The van der Waals surface area contributed by atoms with Gasteiger partial charge < -0.3 is 31.9 Å². The van der Waals surface area contributed by atoms with Crippen LogP contribution in [-0.2, 0) is 9.59 Å². The highest BCUT2D eigenvalue weighted by Crippen LogP contribution is 2.39. The third kappa shape index (κ3) is 4.98. The number of benzene rings is 2. The number of hydrogen-bond acceptors (Lipinski definition) is 8. The Morgan fingerprint density at radius 3 is 2.22 bits per heavy atom. The van der Waals surface area contributed by atoms with Gasteiger partial charge in [-0.2, -0.15) is 0 Å². The van der Waals surface area contributed by atoms with Gasteiger partial charge in [-0.15, -0.1) is 0 Å². The molecular weight excluding hydrogens is 430 g/mol. The first-order valence-corrected chi connectivity index (χ1v) is 10.6. The topological polar surface area (TPSA) is 158 Å². The van der Waals surface area contributed by atoms with Crippen LogP contribution < -0.4 is 26.8 Å². The van der Waals surface area contributed by atoms with Crippen LogP contribution in [-0.4, -0.2) is 34.1 Å². The van der Waals surface area contributed by atoms with Gasteiger partial charge in [0.05, 0.1) is 4.88 Å². The number of nitrogen functional groups attached to an aromatic ring is 1. The Bertz CT molecular complexity index is 1090. The summed E-state index contributed by atoms with van der Waals surface area (Å²) in [4.78, 5) is 29.6. The largest absolute Gasteiger partial charge is 0.481 e. The van der Waals surface area contributed by atoms with Crippen molar-refractivity contribution in [1.29, 1.82) is 0 Å². The highest BCUT2D eigenvalue weighted by Gasteiger charge is 2.27. The molecule has 3 rings (SSSR count). The van der Waals surface area contributed by atoms with Crippen molar-refractivity contribution in [2.24, 2.45) is 11.5 Å². The number of aliphatic hydroxyl groups excluding tert-OH is 1. The van der Waals surface area contributed by atoms with Crippen LogP contribution in [0.1, 0.15) is 30.4 Å². The number of amides is 2. The van der Waals surface area contributed by atoms with E-state index in [0.717, 1.165) is 5.69 Å². The summed E-state index contributed by atoms with van der Waals surface area (Å²) >= 11 is 1.17. The van der Waals surface area contributed by atoms with Gasteiger partial charge in [0, 0.05) is 5.69 Å². The summed E-state index contributed by atoms with van der Waals surface area (Å²) < 4.78 is 5.43. The quantitative estimate of drug-likeness (QED) is 0.384. The Balaban J connectivity index is 1.89. The molecule has 2 amide bonds. The van der Waals surface area contributed by atoms with E-state index in [2.05, 4.69) is 4.98 Å². The first-order valence-electron chi connectivity index (χ1n) is 9.82. The monoisotopic (exact) mass is 455 g/mol. The third-order valence-corrected chi connectivity index (χ3v) is 5.99. The lowest BCUT2D eigenvalue weighted by Crippen LogP contribution is -2.39. The van der Waals surface area contributed by atoms with Crippen molar-refractivity contribution in [2.45, 2.75) is 32.1 Å². The van der Waals surface area contributed by atoms with Crippen molar-refractivity contribution >= 4 is 39.8 Å². The van der Waals surface area contributed by atoms with Crippen LogP contribution in [0.3, 0.4) is 0 Å². The standard InChI is InChI=1S/C22H25N5O4S/c1-12(20(24)29)27(15-6-4-3-5-7-15)22-26-19(23)18(32-22)17(28)14-8-10-16(11-9-14)31-13(2)21(25)30/h3-13,17,28H,23H2,1-2H3,(H2,24,29)(H2,25,30). The van der Waals surface area contributed by atoms with E-state index in [9.17, 15) is 14.7 Å². The minimum atomic E-state index is -1.05. The lowest BCUT2D eigenvalue weighted by Gasteiger charge is -2.26. The third-order valence-electron chi connectivity index (χ3n) is 4.87. The summed E-state index contributed by atoms with van der Waals surface area (Å²) in [6, 6.07) is 15.1. The van der Waals surface area contributed by atoms with Crippen molar-refractivity contribution in [1.82, 2.24) is 4.98 Å². The van der Waals surface area contributed by atoms with E-state index in [-0.39, 0.29) is 5.82 Å². The van der Waals surface area contributed by atoms with Crippen LogP contribution in [0.4, 0.5) is 16.6 Å². The lowest BCUT2D eigenvalue weighted by molar-refractivity contribution is -0.124. The highest BCUT2D eigenvalue weighted by atomic mass is 32.1. The fourth-order valence-electron chi connectivity index (χ4n) is 2.99. The fourth-order valence-corrected chi connectivity index (χ4v) is 4.09. The molecule has 0 aliphatic rings. The number of primary amides is 2. The van der Waals surface area contributed by atoms with Crippen molar-refractivity contribution in [2.75, 3.05) is 10.6 Å². The summed E-state index contributed by atoms with van der Waals surface area (Å²) in [7, 11) is 0. The maximum atomic E-state index is 11.9. The molecule has 0 spiro atoms. The number of ether oxygens (including phenoxy) is 1. The van der Waals surface area contributed by atoms with Gasteiger partial charge in [-0.25, -0.2) is 4.98 Å². The number of nitrogens with zero attached hydrogens (tertiary/aromatic N) is 2. The number of thiazole rings is 1. The molecule has 7 N–H and O–H groups in total. The predicted octanol–water partition coefficient (Wildman–Crippen LogP) is 2.07. The number of nitrogens with two attached hydrogens (primary N) is 3. The molecule has 2 aromatic carbocycles. The van der Waals surface area contributed by atoms with Gasteiger partial charge in [0.2, 0.25) is 5.91 Å². The van der Waals surface area contributed by atoms with E-state index in [0.29, 0.717) is 21.3 Å². The van der Waals surface area contributed by atoms with Crippen molar-refractivity contribution < 1.29 is 19.4 Å². The molecule has 1 aromatic heterocycles. The van der Waals surface area contributed by atoms with Gasteiger partial charge in [0.1, 0.15) is 23.7 Å². The molecule has 168 valence electrons. The van der Waals surface area contributed by atoms with Crippen LogP contribution in [0, 0.1) is 0 Å². The Hall–Kier alpha value is -3.63. The molecule has 0 aliphatic heterocycles. The minimum absolute atomic E-state index is 0.151. The molecule has 0 fully saturated rings. The number of aromatic nitrogens is 1. The number of aliphatic hydroxyl groups is 1. The average Bonchev–Trinajstić information content (AvgIpc) is 3.15. The van der Waals surface area contributed by atoms with E-state index in [1.807, 2.05) is 30.3 Å². The maximum Gasteiger partial charge on any atom is 0.258 e. The number of carbonyl (C=O) groups is 2. The van der Waals surface area contributed by atoms with E-state index >= 15 is 0 Å². The normalized spacial score (nSPS) is 13.7. The van der Waals surface area contributed by atoms with Gasteiger partial charge in [-0.1, -0.05) is 41.7 Å². The fraction of sp³-hybridized carbons (Fsp3) is 0.227. The van der Waals surface area contributed by atoms with Gasteiger partial charge >= 0.3 is 0 Å². The molecule has 0 saturated heterocycles. The molecule has 3 unspecified atom stereocenters. The SMILES string of the molecule is CC(Oc1ccc(C(O)c2sc(N(c3ccccc3)C(C)C(N)=O)nc2N)cc1)C(N)=O. The number of hydrogen-bond donors (Lipinski definition) is 4. The zero-order valence-corrected chi connectivity index (χ0v) is 18.5. The van der Waals surface area contributed by atoms with E-state index < -0.39 is 30.1 Å². The van der Waals surface area contributed by atoms with Crippen LogP contribution >= 0.6 is 11.3 Å². The zero-order valence-electron chi connectivity index (χ0n) is 17.6. The van der Waals surface area contributed by atoms with Gasteiger partial charge in [0.15, 0.2) is 11.2 Å². The molecule has 32 heavy (non-hydrogen) atoms. The van der Waals surface area contributed by atoms with Crippen LogP contribution in [0.5, 0.6) is 5.75 Å². The molecule has 3 atom stereocenters. The van der Waals surface area contributed by atoms with Crippen LogP contribution in [0.2, 0.25) is 0 Å². The number of para-hydroxylation sites is 1. The van der Waals surface area contributed by atoms with Crippen molar-refractivity contribution in [3.05, 3.63) is 65.0 Å². The van der Waals surface area contributed by atoms with Crippen LogP contribution in [0.25, 0.3) is 0 Å². The second kappa shape index (κ2) is 9.67. The van der Waals surface area contributed by atoms with Gasteiger partial charge in [-0.05, 0) is 43.7 Å². The minimum Gasteiger partial charge on any atom is -0.481 e. The first-order chi connectivity index (χ1) is 15.2. The summed E-state index contributed by atoms with van der Waals surface area (Å²) in [6.45, 7) is 3.23. The summed E-state index contributed by atoms with van der Waals surface area (Å²) in [5.41, 5.74) is 18.2. The first kappa shape index (κ1) is 23.0. The molecule has 10 heteroatoms. The maximum absolute atomic E-state index is 11.9. The molecule has 0 aliphatic carbocycles. The molecule has 3 aromatic rings. The Morgan fingerprint density at radius 2 is 1.66 bits per heavy atom. The van der Waals surface area contributed by atoms with Crippen molar-refractivity contribution in [3.8, 4) is 5.75 Å². The molecule has 1 heterocycles. The molecule has 0 saturated carbocycles. The molecule has 0 radical (unpaired) electrons. The predicted molar refractivity (Wildman–Crippen MR) is 124 cm³/mol. The number of carbonyl (C=O) groups excluding carboxylic acids is 2. The van der Waals surface area contributed by atoms with Gasteiger partial charge in [-0.3, -0.25) is 9.59 Å². The van der Waals surface area contributed by atoms with Gasteiger partial charge in [0.25, 0.3) is 5.91 Å². The molecule has 9 nitrogen and oxygen atoms in total. The Morgan fingerprint density at radius 1 is 1.03 bits per heavy atom. The Labute approximate surface area is 189 Å². The zero-order chi connectivity index (χ0) is 23.4. The summed E-state index contributed by atoms with van der Waals surface area (Å²) in [5, 5.41) is 11.3. The smallest absolute Gasteiger partial charge is 0.258 e. The summed E-state index contributed by atoms with van der Waals surface area (Å²) in [6.07, 6.45) is -1.83. The molecule has 0 bridgehead atoms. The number of rotatable bonds is 9. The average molecular weight is 456 g/mol. The van der Waals surface area contributed by atoms with E-state index in [4.69, 9.17) is 21.9 Å². The lowest BCUT2D eigenvalue weighted by atomic mass is 10.1. The molecular formula is C22H25N5O4S. The highest BCUT2D eigenvalue weighted by molar-refractivity contribution is 7.16. The number of anilines is 3. The summed E-state index contributed by atoms with van der Waals surface area (Å²) in [5.74, 6) is -0.508. The second-order valence-electron chi connectivity index (χ2n) is 7.16. The van der Waals surface area contributed by atoms with Crippen LogP contribution in [0.15, 0.2) is 54.6 Å².